The third kappa shape index (κ3) is 1.55. The minimum Gasteiger partial charge on any atom is -0.409 e. The number of nitrogens with two attached hydrogens (primary N) is 1. The summed E-state index contributed by atoms with van der Waals surface area (Å²) in [6.45, 7) is 0. The summed E-state index contributed by atoms with van der Waals surface area (Å²) in [5.74, 6) is -2.54. The van der Waals surface area contributed by atoms with E-state index in [1.807, 2.05) is 0 Å². The predicted molar refractivity (Wildman–Crippen MR) is 31.1 cm³/mol. The van der Waals surface area contributed by atoms with Gasteiger partial charge < -0.3 is 10.9 Å². The number of hydrogen-bond donors (Lipinski definition) is 2. The first-order chi connectivity index (χ1) is 4.96. The van der Waals surface area contributed by atoms with Crippen molar-refractivity contribution >= 4 is 5.84 Å². The molecule has 0 bridgehead atoms. The van der Waals surface area contributed by atoms with Gasteiger partial charge in [-0.15, -0.1) is 0 Å². The van der Waals surface area contributed by atoms with Gasteiger partial charge in [0.05, 0.1) is 5.92 Å². The molecule has 2 atom stereocenters. The topological polar surface area (TPSA) is 58.6 Å². The highest BCUT2D eigenvalue weighted by Gasteiger charge is 2.57. The summed E-state index contributed by atoms with van der Waals surface area (Å²) in [5, 5.41) is 10.5. The molecular formula is C5H7F3N2O. The van der Waals surface area contributed by atoms with E-state index < -0.39 is 18.0 Å². The van der Waals surface area contributed by atoms with Crippen molar-refractivity contribution in [3.05, 3.63) is 0 Å². The van der Waals surface area contributed by atoms with E-state index >= 15 is 0 Å². The third-order valence-corrected chi connectivity index (χ3v) is 1.71. The summed E-state index contributed by atoms with van der Waals surface area (Å²) >= 11 is 0. The van der Waals surface area contributed by atoms with Crippen LogP contribution in [0.1, 0.15) is 6.42 Å². The van der Waals surface area contributed by atoms with Crippen molar-refractivity contribution in [1.29, 1.82) is 0 Å². The van der Waals surface area contributed by atoms with Gasteiger partial charge in [0.2, 0.25) is 0 Å². The maximum absolute atomic E-state index is 11.8. The van der Waals surface area contributed by atoms with E-state index in [0.717, 1.165) is 0 Å². The maximum atomic E-state index is 11.8. The highest BCUT2D eigenvalue weighted by atomic mass is 19.4. The Morgan fingerprint density at radius 3 is 2.36 bits per heavy atom. The molecule has 0 aliphatic heterocycles. The predicted octanol–water partition coefficient (Wildman–Crippen LogP) is 0.931. The quantitative estimate of drug-likeness (QED) is 0.265. The fourth-order valence-electron chi connectivity index (χ4n) is 0.958. The average Bonchev–Trinajstić information content (AvgIpc) is 2.62. The van der Waals surface area contributed by atoms with Crippen molar-refractivity contribution in [1.82, 2.24) is 0 Å². The van der Waals surface area contributed by atoms with Crippen LogP contribution in [0.3, 0.4) is 0 Å². The van der Waals surface area contributed by atoms with E-state index in [0.29, 0.717) is 0 Å². The molecule has 0 aromatic heterocycles. The van der Waals surface area contributed by atoms with Crippen molar-refractivity contribution in [2.75, 3.05) is 0 Å². The Labute approximate surface area is 60.7 Å². The lowest BCUT2D eigenvalue weighted by Crippen LogP contribution is -2.20. The van der Waals surface area contributed by atoms with Gasteiger partial charge in [0.15, 0.2) is 0 Å². The molecule has 0 heterocycles. The molecule has 3 nitrogen and oxygen atoms in total. The minimum absolute atomic E-state index is 0.0562. The summed E-state index contributed by atoms with van der Waals surface area (Å²) < 4.78 is 35.4. The molecule has 1 fully saturated rings. The molecule has 64 valence electrons. The second-order valence-electron chi connectivity index (χ2n) is 2.52. The second kappa shape index (κ2) is 2.28. The van der Waals surface area contributed by atoms with E-state index in [-0.39, 0.29) is 12.3 Å². The molecule has 0 saturated heterocycles. The number of nitrogens with zero attached hydrogens (tertiary/aromatic N) is 1. The molecule has 0 aromatic carbocycles. The zero-order valence-corrected chi connectivity index (χ0v) is 5.47. The minimum atomic E-state index is -4.21. The van der Waals surface area contributed by atoms with Gasteiger partial charge in [0.25, 0.3) is 0 Å². The molecule has 0 unspecified atom stereocenters. The van der Waals surface area contributed by atoms with Gasteiger partial charge in [-0.3, -0.25) is 0 Å². The number of oxime groups is 1. The van der Waals surface area contributed by atoms with Crippen LogP contribution in [0.4, 0.5) is 13.2 Å². The van der Waals surface area contributed by atoms with Crippen LogP contribution < -0.4 is 5.73 Å². The molecular weight excluding hydrogens is 161 g/mol. The fourth-order valence-corrected chi connectivity index (χ4v) is 0.958. The summed E-state index contributed by atoms with van der Waals surface area (Å²) in [6.07, 6.45) is -4.26. The van der Waals surface area contributed by atoms with Crippen molar-refractivity contribution in [3.8, 4) is 0 Å². The van der Waals surface area contributed by atoms with Crippen LogP contribution in [0, 0.1) is 11.8 Å². The molecule has 0 radical (unpaired) electrons. The first kappa shape index (κ1) is 8.16. The first-order valence-corrected chi connectivity index (χ1v) is 3.01. The Bertz CT molecular complexity index is 189. The molecule has 6 heteroatoms. The van der Waals surface area contributed by atoms with Crippen LogP contribution in [-0.4, -0.2) is 17.2 Å². The van der Waals surface area contributed by atoms with Crippen molar-refractivity contribution in [2.45, 2.75) is 12.6 Å². The number of alkyl halides is 3. The number of halogens is 3. The Kier molecular flexibility index (Phi) is 1.69. The van der Waals surface area contributed by atoms with E-state index in [9.17, 15) is 13.2 Å². The van der Waals surface area contributed by atoms with E-state index in [1.54, 1.807) is 0 Å². The highest BCUT2D eigenvalue weighted by Crippen LogP contribution is 2.49. The first-order valence-electron chi connectivity index (χ1n) is 3.01. The van der Waals surface area contributed by atoms with Crippen LogP contribution in [0.15, 0.2) is 5.16 Å². The molecule has 0 amide bonds. The maximum Gasteiger partial charge on any atom is 0.392 e. The summed E-state index contributed by atoms with van der Waals surface area (Å²) in [6, 6.07) is 0. The molecule has 1 aliphatic rings. The fraction of sp³-hybridized carbons (Fsp3) is 0.800. The van der Waals surface area contributed by atoms with Crippen LogP contribution in [0.25, 0.3) is 0 Å². The smallest absolute Gasteiger partial charge is 0.392 e. The third-order valence-electron chi connectivity index (χ3n) is 1.71. The van der Waals surface area contributed by atoms with Gasteiger partial charge in [-0.1, -0.05) is 5.16 Å². The summed E-state index contributed by atoms with van der Waals surface area (Å²) in [7, 11) is 0. The van der Waals surface area contributed by atoms with Crippen molar-refractivity contribution in [2.24, 2.45) is 22.7 Å². The van der Waals surface area contributed by atoms with Crippen molar-refractivity contribution in [3.63, 3.8) is 0 Å². The molecule has 0 spiro atoms. The Hall–Kier alpha value is -0.940. The van der Waals surface area contributed by atoms with Crippen LogP contribution >= 0.6 is 0 Å². The van der Waals surface area contributed by atoms with Gasteiger partial charge >= 0.3 is 6.18 Å². The SMILES string of the molecule is N/C(=N\O)[C@@H]1C[C@H]1C(F)(F)F. The standard InChI is InChI=1S/C5H7F3N2O/c6-5(7,8)3-1-2(3)4(9)10-11/h2-3,11H,1H2,(H2,9,10)/t2-,3-/m1/s1. The Balaban J connectivity index is 2.50. The largest absolute Gasteiger partial charge is 0.409 e. The summed E-state index contributed by atoms with van der Waals surface area (Å²) in [5.41, 5.74) is 4.97. The molecule has 1 saturated carbocycles. The Morgan fingerprint density at radius 2 is 2.09 bits per heavy atom. The zero-order chi connectivity index (χ0) is 8.65. The molecule has 3 N–H and O–H groups in total. The lowest BCUT2D eigenvalue weighted by molar-refractivity contribution is -0.149. The Morgan fingerprint density at radius 1 is 1.55 bits per heavy atom. The normalized spacial score (nSPS) is 32.1. The number of hydrogen-bond acceptors (Lipinski definition) is 2. The molecule has 11 heavy (non-hydrogen) atoms. The van der Waals surface area contributed by atoms with Crippen LogP contribution in [0.5, 0.6) is 0 Å². The van der Waals surface area contributed by atoms with Gasteiger partial charge in [-0.05, 0) is 6.42 Å². The lowest BCUT2D eigenvalue weighted by Gasteiger charge is -2.03. The van der Waals surface area contributed by atoms with E-state index in [4.69, 9.17) is 10.9 Å². The molecule has 0 aromatic rings. The van der Waals surface area contributed by atoms with Gasteiger partial charge in [-0.2, -0.15) is 13.2 Å². The zero-order valence-electron chi connectivity index (χ0n) is 5.47. The van der Waals surface area contributed by atoms with Crippen molar-refractivity contribution < 1.29 is 18.4 Å². The summed E-state index contributed by atoms with van der Waals surface area (Å²) in [4.78, 5) is 0. The monoisotopic (exact) mass is 168 g/mol. The molecule has 1 rings (SSSR count). The average molecular weight is 168 g/mol. The van der Waals surface area contributed by atoms with Gasteiger partial charge in [0.1, 0.15) is 5.84 Å². The van der Waals surface area contributed by atoms with Gasteiger partial charge in [0, 0.05) is 5.92 Å². The lowest BCUT2D eigenvalue weighted by atomic mass is 10.3. The second-order valence-corrected chi connectivity index (χ2v) is 2.52. The highest BCUT2D eigenvalue weighted by molar-refractivity contribution is 5.85. The number of rotatable bonds is 1. The number of amidine groups is 1. The van der Waals surface area contributed by atoms with Crippen LogP contribution in [0.2, 0.25) is 0 Å². The van der Waals surface area contributed by atoms with E-state index in [1.165, 1.54) is 0 Å². The molecule has 1 aliphatic carbocycles. The van der Waals surface area contributed by atoms with Crippen LogP contribution in [-0.2, 0) is 0 Å². The van der Waals surface area contributed by atoms with Gasteiger partial charge in [-0.25, -0.2) is 0 Å². The van der Waals surface area contributed by atoms with E-state index in [2.05, 4.69) is 5.16 Å².